The van der Waals surface area contributed by atoms with Crippen LogP contribution in [0.15, 0.2) is 48.6 Å². The fourth-order valence-corrected chi connectivity index (χ4v) is 2.28. The number of rotatable bonds is 13. The highest BCUT2D eigenvalue weighted by Crippen LogP contribution is 2.28. The molecule has 23 heavy (non-hydrogen) atoms. The Morgan fingerprint density at radius 2 is 1.87 bits per heavy atom. The van der Waals surface area contributed by atoms with Gasteiger partial charge in [0.25, 0.3) is 0 Å². The van der Waals surface area contributed by atoms with E-state index in [-0.39, 0.29) is 18.6 Å². The first-order chi connectivity index (χ1) is 11.2. The minimum absolute atomic E-state index is 0.170. The van der Waals surface area contributed by atoms with Crippen LogP contribution < -0.4 is 0 Å². The van der Waals surface area contributed by atoms with E-state index in [1.807, 2.05) is 24.3 Å². The number of carboxylic acid groups (broad SMARTS) is 1. The van der Waals surface area contributed by atoms with Gasteiger partial charge in [-0.05, 0) is 32.1 Å². The van der Waals surface area contributed by atoms with Gasteiger partial charge < -0.3 is 9.84 Å². The van der Waals surface area contributed by atoms with Crippen molar-refractivity contribution >= 4 is 5.97 Å². The molecule has 0 aromatic heterocycles. The van der Waals surface area contributed by atoms with Crippen molar-refractivity contribution in [2.45, 2.75) is 70.5 Å². The van der Waals surface area contributed by atoms with Gasteiger partial charge in [0, 0.05) is 6.42 Å². The number of hydrogen-bond donors (Lipinski definition) is 1. The largest absolute Gasteiger partial charge is 0.481 e. The van der Waals surface area contributed by atoms with E-state index >= 15 is 0 Å². The molecule has 3 heteroatoms. The predicted molar refractivity (Wildman–Crippen MR) is 95.5 cm³/mol. The molecule has 128 valence electrons. The van der Waals surface area contributed by atoms with E-state index in [2.05, 4.69) is 31.2 Å². The van der Waals surface area contributed by atoms with Crippen molar-refractivity contribution < 1.29 is 14.6 Å². The maximum Gasteiger partial charge on any atom is 0.303 e. The quantitative estimate of drug-likeness (QED) is 0.220. The smallest absolute Gasteiger partial charge is 0.303 e. The van der Waals surface area contributed by atoms with E-state index in [0.717, 1.165) is 12.8 Å². The SMILES string of the molecule is CCCCC/C=C/C/C=C/C=C/C=C/C1OC1CCCC(=O)O. The molecule has 1 rings (SSSR count). The summed E-state index contributed by atoms with van der Waals surface area (Å²) >= 11 is 0. The van der Waals surface area contributed by atoms with Crippen LogP contribution in [0.3, 0.4) is 0 Å². The summed E-state index contributed by atoms with van der Waals surface area (Å²) in [5.41, 5.74) is 0. The number of aliphatic carboxylic acids is 1. The van der Waals surface area contributed by atoms with Crippen molar-refractivity contribution in [1.82, 2.24) is 0 Å². The number of carboxylic acids is 1. The molecule has 0 aromatic rings. The zero-order chi connectivity index (χ0) is 16.8. The highest BCUT2D eigenvalue weighted by atomic mass is 16.6. The fourth-order valence-electron chi connectivity index (χ4n) is 2.28. The maximum absolute atomic E-state index is 10.4. The van der Waals surface area contributed by atoms with Crippen molar-refractivity contribution in [3.8, 4) is 0 Å². The van der Waals surface area contributed by atoms with Gasteiger partial charge in [-0.2, -0.15) is 0 Å². The molecule has 2 atom stereocenters. The van der Waals surface area contributed by atoms with Gasteiger partial charge in [-0.3, -0.25) is 4.79 Å². The number of epoxide rings is 1. The van der Waals surface area contributed by atoms with E-state index < -0.39 is 5.97 Å². The molecule has 0 spiro atoms. The van der Waals surface area contributed by atoms with Crippen LogP contribution in [0.1, 0.15) is 58.3 Å². The Morgan fingerprint density at radius 1 is 1.04 bits per heavy atom. The van der Waals surface area contributed by atoms with Gasteiger partial charge in [-0.15, -0.1) is 0 Å². The molecule has 0 amide bonds. The van der Waals surface area contributed by atoms with Crippen LogP contribution in [0, 0.1) is 0 Å². The third kappa shape index (κ3) is 11.6. The summed E-state index contributed by atoms with van der Waals surface area (Å²) in [5.74, 6) is -0.733. The third-order valence-corrected chi connectivity index (χ3v) is 3.68. The Bertz CT molecular complexity index is 432. The highest BCUT2D eigenvalue weighted by molar-refractivity contribution is 5.66. The van der Waals surface area contributed by atoms with Crippen LogP contribution in [-0.2, 0) is 9.53 Å². The first kappa shape index (κ1) is 19.4. The number of carbonyl (C=O) groups is 1. The van der Waals surface area contributed by atoms with E-state index in [1.165, 1.54) is 25.7 Å². The standard InChI is InChI=1S/C20H30O3/c1-2-3-4-5-6-7-8-9-10-11-12-13-15-18-19(23-18)16-14-17-20(21)22/h6-7,9-13,15,18-19H,2-5,8,14,16-17H2,1H3,(H,21,22)/b7-6+,10-9+,12-11+,15-13+. The number of hydrogen-bond acceptors (Lipinski definition) is 2. The van der Waals surface area contributed by atoms with Crippen molar-refractivity contribution in [1.29, 1.82) is 0 Å². The summed E-state index contributed by atoms with van der Waals surface area (Å²) in [7, 11) is 0. The Hall–Kier alpha value is -1.61. The lowest BCUT2D eigenvalue weighted by atomic mass is 10.1. The van der Waals surface area contributed by atoms with Crippen LogP contribution in [0.4, 0.5) is 0 Å². The van der Waals surface area contributed by atoms with Crippen molar-refractivity contribution in [3.05, 3.63) is 48.6 Å². The van der Waals surface area contributed by atoms with Gasteiger partial charge in [0.15, 0.2) is 0 Å². The van der Waals surface area contributed by atoms with E-state index in [4.69, 9.17) is 9.84 Å². The van der Waals surface area contributed by atoms with E-state index in [1.54, 1.807) is 0 Å². The van der Waals surface area contributed by atoms with Gasteiger partial charge in [-0.1, -0.05) is 68.4 Å². The van der Waals surface area contributed by atoms with E-state index in [9.17, 15) is 4.79 Å². The van der Waals surface area contributed by atoms with Crippen molar-refractivity contribution in [2.75, 3.05) is 0 Å². The highest BCUT2D eigenvalue weighted by Gasteiger charge is 2.35. The van der Waals surface area contributed by atoms with Crippen molar-refractivity contribution in [3.63, 3.8) is 0 Å². The molecule has 0 radical (unpaired) electrons. The molecule has 0 bridgehead atoms. The molecule has 0 aliphatic carbocycles. The fraction of sp³-hybridized carbons (Fsp3) is 0.550. The summed E-state index contributed by atoms with van der Waals surface area (Å²) in [5, 5.41) is 8.56. The molecule has 1 N–H and O–H groups in total. The average molecular weight is 318 g/mol. The van der Waals surface area contributed by atoms with Crippen LogP contribution in [0.5, 0.6) is 0 Å². The molecular formula is C20H30O3. The maximum atomic E-state index is 10.4. The third-order valence-electron chi connectivity index (χ3n) is 3.68. The molecule has 1 heterocycles. The lowest BCUT2D eigenvalue weighted by molar-refractivity contribution is -0.137. The first-order valence-electron chi connectivity index (χ1n) is 8.76. The lowest BCUT2D eigenvalue weighted by Gasteiger charge is -1.91. The van der Waals surface area contributed by atoms with Crippen LogP contribution in [-0.4, -0.2) is 23.3 Å². The summed E-state index contributed by atoms with van der Waals surface area (Å²) in [6.07, 6.45) is 24.9. The summed E-state index contributed by atoms with van der Waals surface area (Å²) in [4.78, 5) is 10.4. The normalized spacial score (nSPS) is 21.3. The Kier molecular flexibility index (Phi) is 10.9. The Balaban J connectivity index is 1.99. The molecule has 1 fully saturated rings. The van der Waals surface area contributed by atoms with Crippen LogP contribution in [0.25, 0.3) is 0 Å². The van der Waals surface area contributed by atoms with Crippen LogP contribution >= 0.6 is 0 Å². The monoisotopic (exact) mass is 318 g/mol. The number of allylic oxidation sites excluding steroid dienone is 7. The zero-order valence-electron chi connectivity index (χ0n) is 14.2. The molecule has 2 unspecified atom stereocenters. The van der Waals surface area contributed by atoms with Gasteiger partial charge in [-0.25, -0.2) is 0 Å². The minimum atomic E-state index is -0.733. The van der Waals surface area contributed by atoms with Crippen molar-refractivity contribution in [2.24, 2.45) is 0 Å². The molecule has 1 saturated heterocycles. The topological polar surface area (TPSA) is 49.8 Å². The summed E-state index contributed by atoms with van der Waals surface area (Å²) in [6.45, 7) is 2.22. The second-order valence-corrected chi connectivity index (χ2v) is 5.83. The zero-order valence-corrected chi connectivity index (χ0v) is 14.2. The predicted octanol–water partition coefficient (Wildman–Crippen LogP) is 5.20. The number of unbranched alkanes of at least 4 members (excludes halogenated alkanes) is 3. The molecule has 1 aliphatic heterocycles. The molecule has 0 aromatic carbocycles. The lowest BCUT2D eigenvalue weighted by Crippen LogP contribution is -1.97. The molecule has 3 nitrogen and oxygen atoms in total. The number of ether oxygens (including phenoxy) is 1. The van der Waals surface area contributed by atoms with E-state index in [0.29, 0.717) is 6.42 Å². The molecule has 0 saturated carbocycles. The van der Waals surface area contributed by atoms with Gasteiger partial charge in [0.05, 0.1) is 6.10 Å². The summed E-state index contributed by atoms with van der Waals surface area (Å²) < 4.78 is 5.46. The Morgan fingerprint density at radius 3 is 2.65 bits per heavy atom. The van der Waals surface area contributed by atoms with Crippen LogP contribution in [0.2, 0.25) is 0 Å². The van der Waals surface area contributed by atoms with Gasteiger partial charge >= 0.3 is 5.97 Å². The van der Waals surface area contributed by atoms with Gasteiger partial charge in [0.2, 0.25) is 0 Å². The van der Waals surface area contributed by atoms with Gasteiger partial charge in [0.1, 0.15) is 6.10 Å². The molecular weight excluding hydrogens is 288 g/mol. The second kappa shape index (κ2) is 12.9. The average Bonchev–Trinajstić information content (AvgIpc) is 3.26. The minimum Gasteiger partial charge on any atom is -0.481 e. The summed E-state index contributed by atoms with van der Waals surface area (Å²) in [6, 6.07) is 0. The second-order valence-electron chi connectivity index (χ2n) is 5.83. The first-order valence-corrected chi connectivity index (χ1v) is 8.76. The molecule has 1 aliphatic rings. The Labute approximate surface area is 140 Å².